The lowest BCUT2D eigenvalue weighted by atomic mass is 10.1. The lowest BCUT2D eigenvalue weighted by molar-refractivity contribution is -0.137. The van der Waals surface area contributed by atoms with Crippen molar-refractivity contribution in [2.75, 3.05) is 32.8 Å². The number of phenolic OH excluding ortho intramolecular Hbond substituents is 1. The molecule has 1 aliphatic rings. The Balaban J connectivity index is 0.000000511. The van der Waals surface area contributed by atoms with E-state index in [0.29, 0.717) is 18.0 Å². The van der Waals surface area contributed by atoms with Gasteiger partial charge in [-0.1, -0.05) is 30.9 Å². The summed E-state index contributed by atoms with van der Waals surface area (Å²) in [4.78, 5) is 22.2. The van der Waals surface area contributed by atoms with Crippen molar-refractivity contribution in [3.63, 3.8) is 0 Å². The van der Waals surface area contributed by atoms with E-state index in [4.69, 9.17) is 21.4 Å². The van der Waals surface area contributed by atoms with E-state index in [-0.39, 0.29) is 23.6 Å². The van der Waals surface area contributed by atoms with Crippen molar-refractivity contribution in [2.24, 2.45) is 0 Å². The zero-order chi connectivity index (χ0) is 19.9. The smallest absolute Gasteiger partial charge is 0.303 e. The van der Waals surface area contributed by atoms with Gasteiger partial charge in [0.05, 0.1) is 18.8 Å². The lowest BCUT2D eigenvalue weighted by Crippen LogP contribution is -2.30. The molecule has 1 heterocycles. The van der Waals surface area contributed by atoms with E-state index in [1.165, 1.54) is 18.2 Å². The normalized spacial score (nSPS) is 13.4. The molecule has 1 saturated heterocycles. The molecular weight excluding hydrogens is 372 g/mol. The highest BCUT2D eigenvalue weighted by molar-refractivity contribution is 6.31. The Bertz CT molecular complexity index is 568. The summed E-state index contributed by atoms with van der Waals surface area (Å²) < 4.78 is 5.01. The molecule has 0 aromatic heterocycles. The number of hydrogen-bond donors (Lipinski definition) is 4. The fourth-order valence-electron chi connectivity index (χ4n) is 2.43. The van der Waals surface area contributed by atoms with E-state index in [1.54, 1.807) is 0 Å². The van der Waals surface area contributed by atoms with Crippen LogP contribution in [0.25, 0.3) is 0 Å². The molecule has 1 amide bonds. The van der Waals surface area contributed by atoms with Crippen LogP contribution < -0.4 is 10.6 Å². The van der Waals surface area contributed by atoms with Gasteiger partial charge in [0.25, 0.3) is 5.91 Å². The molecule has 0 radical (unpaired) electrons. The van der Waals surface area contributed by atoms with Gasteiger partial charge in [-0.15, -0.1) is 0 Å². The molecular formula is C19H29ClN2O5. The maximum atomic E-state index is 11.8. The molecule has 4 N–H and O–H groups in total. The van der Waals surface area contributed by atoms with E-state index in [1.807, 2.05) is 0 Å². The Labute approximate surface area is 165 Å². The first-order chi connectivity index (χ1) is 13.0. The minimum Gasteiger partial charge on any atom is -0.507 e. The second-order valence-electron chi connectivity index (χ2n) is 6.19. The Hall–Kier alpha value is -1.83. The number of rotatable bonds is 9. The monoisotopic (exact) mass is 400 g/mol. The number of benzene rings is 1. The van der Waals surface area contributed by atoms with Crippen molar-refractivity contribution < 1.29 is 24.5 Å². The second-order valence-corrected chi connectivity index (χ2v) is 6.63. The van der Waals surface area contributed by atoms with Gasteiger partial charge in [0.1, 0.15) is 5.75 Å². The van der Waals surface area contributed by atoms with Crippen molar-refractivity contribution in [3.8, 4) is 5.75 Å². The third-order valence-electron chi connectivity index (χ3n) is 3.90. The predicted molar refractivity (Wildman–Crippen MR) is 104 cm³/mol. The number of morpholine rings is 1. The Morgan fingerprint density at radius 3 is 2.37 bits per heavy atom. The summed E-state index contributed by atoms with van der Waals surface area (Å²) in [6.45, 7) is 4.35. The molecule has 152 valence electrons. The van der Waals surface area contributed by atoms with Gasteiger partial charge in [-0.2, -0.15) is 0 Å². The fraction of sp³-hybridized carbons (Fsp3) is 0.579. The zero-order valence-corrected chi connectivity index (χ0v) is 16.3. The number of nitrogens with one attached hydrogen (secondary N) is 2. The van der Waals surface area contributed by atoms with E-state index in [0.717, 1.165) is 52.0 Å². The number of carbonyl (C=O) groups excluding carboxylic acids is 1. The van der Waals surface area contributed by atoms with Crippen LogP contribution in [-0.2, 0) is 9.53 Å². The maximum Gasteiger partial charge on any atom is 0.303 e. The van der Waals surface area contributed by atoms with E-state index in [9.17, 15) is 14.7 Å². The number of ether oxygens (including phenoxy) is 1. The first-order valence-corrected chi connectivity index (χ1v) is 9.65. The molecule has 2 rings (SSSR count). The number of amides is 1. The topological polar surface area (TPSA) is 108 Å². The Morgan fingerprint density at radius 1 is 1.11 bits per heavy atom. The van der Waals surface area contributed by atoms with Crippen molar-refractivity contribution >= 4 is 23.5 Å². The second kappa shape index (κ2) is 14.3. The largest absolute Gasteiger partial charge is 0.507 e. The number of carbonyl (C=O) groups is 2. The van der Waals surface area contributed by atoms with Crippen molar-refractivity contribution in [3.05, 3.63) is 28.8 Å². The quantitative estimate of drug-likeness (QED) is 0.475. The number of unbranched alkanes of at least 4 members (excludes halogenated alkanes) is 4. The van der Waals surface area contributed by atoms with Crippen molar-refractivity contribution in [2.45, 2.75) is 38.5 Å². The summed E-state index contributed by atoms with van der Waals surface area (Å²) >= 11 is 5.78. The van der Waals surface area contributed by atoms with Gasteiger partial charge >= 0.3 is 5.97 Å². The molecule has 0 atom stereocenters. The summed E-state index contributed by atoms with van der Waals surface area (Å²) in [6.07, 6.45) is 4.49. The van der Waals surface area contributed by atoms with E-state index >= 15 is 0 Å². The predicted octanol–water partition coefficient (Wildman–Crippen LogP) is 2.81. The summed E-state index contributed by atoms with van der Waals surface area (Å²) in [6, 6.07) is 4.34. The van der Waals surface area contributed by atoms with E-state index < -0.39 is 5.97 Å². The molecule has 1 aromatic rings. The minimum absolute atomic E-state index is 0.0921. The van der Waals surface area contributed by atoms with Crippen LogP contribution in [0.5, 0.6) is 5.75 Å². The zero-order valence-electron chi connectivity index (χ0n) is 15.5. The van der Waals surface area contributed by atoms with Gasteiger partial charge in [0, 0.05) is 31.1 Å². The summed E-state index contributed by atoms with van der Waals surface area (Å²) in [5, 5.41) is 24.4. The van der Waals surface area contributed by atoms with Crippen LogP contribution in [0.1, 0.15) is 48.9 Å². The number of halogens is 1. The molecule has 8 heteroatoms. The Morgan fingerprint density at radius 2 is 1.78 bits per heavy atom. The number of phenols is 1. The van der Waals surface area contributed by atoms with Gasteiger partial charge in [0.2, 0.25) is 0 Å². The lowest BCUT2D eigenvalue weighted by Gasteiger charge is -2.10. The van der Waals surface area contributed by atoms with Gasteiger partial charge in [0.15, 0.2) is 0 Å². The molecule has 0 saturated carbocycles. The molecule has 0 aliphatic carbocycles. The average molecular weight is 401 g/mol. The highest BCUT2D eigenvalue weighted by Crippen LogP contribution is 2.21. The molecule has 0 unspecified atom stereocenters. The van der Waals surface area contributed by atoms with Gasteiger partial charge in [-0.05, 0) is 31.0 Å². The van der Waals surface area contributed by atoms with E-state index in [2.05, 4.69) is 10.6 Å². The summed E-state index contributed by atoms with van der Waals surface area (Å²) in [7, 11) is 0. The third kappa shape index (κ3) is 11.5. The molecule has 27 heavy (non-hydrogen) atoms. The molecule has 1 aromatic carbocycles. The van der Waals surface area contributed by atoms with Crippen LogP contribution in [0, 0.1) is 0 Å². The molecule has 7 nitrogen and oxygen atoms in total. The first kappa shape index (κ1) is 23.2. The van der Waals surface area contributed by atoms with Gasteiger partial charge < -0.3 is 25.6 Å². The van der Waals surface area contributed by atoms with Crippen LogP contribution >= 0.6 is 11.6 Å². The van der Waals surface area contributed by atoms with Gasteiger partial charge in [-0.25, -0.2) is 0 Å². The summed E-state index contributed by atoms with van der Waals surface area (Å²) in [5.41, 5.74) is 0.170. The molecule has 1 aliphatic heterocycles. The molecule has 0 spiro atoms. The van der Waals surface area contributed by atoms with Crippen LogP contribution in [0.15, 0.2) is 18.2 Å². The fourth-order valence-corrected chi connectivity index (χ4v) is 2.61. The highest BCUT2D eigenvalue weighted by atomic mass is 35.5. The van der Waals surface area contributed by atoms with Crippen LogP contribution in [0.2, 0.25) is 5.02 Å². The Kier molecular flexibility index (Phi) is 12.3. The van der Waals surface area contributed by atoms with Gasteiger partial charge in [-0.3, -0.25) is 9.59 Å². The van der Waals surface area contributed by atoms with Crippen LogP contribution in [-0.4, -0.2) is 54.9 Å². The maximum absolute atomic E-state index is 11.8. The summed E-state index contributed by atoms with van der Waals surface area (Å²) in [5.74, 6) is -1.20. The number of aliphatic carboxylic acids is 1. The highest BCUT2D eigenvalue weighted by Gasteiger charge is 2.10. The average Bonchev–Trinajstić information content (AvgIpc) is 2.67. The van der Waals surface area contributed by atoms with Crippen molar-refractivity contribution in [1.29, 1.82) is 0 Å². The van der Waals surface area contributed by atoms with Crippen molar-refractivity contribution in [1.82, 2.24) is 10.6 Å². The number of carboxylic acid groups (broad SMARTS) is 1. The standard InChI is InChI=1S/C15H20ClNO4.C4H9NO/c16-11-7-8-13(18)12(10-11)15(21)17-9-5-3-1-2-4-6-14(19)20;1-3-6-4-2-5-1/h7-8,10,18H,1-6,9H2,(H,17,21)(H,19,20);5H,1-4H2. The molecule has 1 fully saturated rings. The molecule has 0 bridgehead atoms. The van der Waals surface area contributed by atoms with Crippen LogP contribution in [0.4, 0.5) is 0 Å². The number of aromatic hydroxyl groups is 1. The third-order valence-corrected chi connectivity index (χ3v) is 4.14. The first-order valence-electron chi connectivity index (χ1n) is 9.27. The number of hydrogen-bond acceptors (Lipinski definition) is 5. The minimum atomic E-state index is -0.761. The van der Waals surface area contributed by atoms with Crippen LogP contribution in [0.3, 0.4) is 0 Å². The number of carboxylic acids is 1. The SMILES string of the molecule is C1COCCN1.O=C(O)CCCCCCCNC(=O)c1cc(Cl)ccc1O.